The van der Waals surface area contributed by atoms with Crippen LogP contribution >= 0.6 is 0 Å². The fraction of sp³-hybridized carbons (Fsp3) is 0.226. The number of allylic oxidation sites excluding steroid dienone is 2. The van der Waals surface area contributed by atoms with Crippen molar-refractivity contribution in [1.82, 2.24) is 4.98 Å². The summed E-state index contributed by atoms with van der Waals surface area (Å²) in [5.74, 6) is 0.669. The number of anilines is 3. The van der Waals surface area contributed by atoms with Crippen molar-refractivity contribution in [2.75, 3.05) is 29.1 Å². The van der Waals surface area contributed by atoms with Gasteiger partial charge in [-0.1, -0.05) is 36.9 Å². The fourth-order valence-electron chi connectivity index (χ4n) is 4.86. The molecule has 0 saturated carbocycles. The van der Waals surface area contributed by atoms with Gasteiger partial charge in [-0.25, -0.2) is 4.98 Å². The van der Waals surface area contributed by atoms with E-state index in [0.717, 1.165) is 28.9 Å². The molecule has 1 spiro atoms. The molecular formula is C31H33N5O2. The molecule has 1 amide bonds. The van der Waals surface area contributed by atoms with Crippen LogP contribution < -0.4 is 15.5 Å². The van der Waals surface area contributed by atoms with Crippen LogP contribution in [-0.2, 0) is 27.8 Å². The number of nitrogens with one attached hydrogen (secondary N) is 2. The number of amides is 1. The Labute approximate surface area is 224 Å². The third-order valence-electron chi connectivity index (χ3n) is 6.88. The Bertz CT molecular complexity index is 1400. The van der Waals surface area contributed by atoms with Crippen molar-refractivity contribution >= 4 is 35.6 Å². The average molecular weight is 508 g/mol. The van der Waals surface area contributed by atoms with Gasteiger partial charge in [-0.05, 0) is 74.2 Å². The number of carbonyl (C=O) groups is 2. The number of hydrogen-bond donors (Lipinski definition) is 2. The Morgan fingerprint density at radius 2 is 1.92 bits per heavy atom. The van der Waals surface area contributed by atoms with Gasteiger partial charge < -0.3 is 15.5 Å². The number of hydrogen-bond acceptors (Lipinski definition) is 6. The van der Waals surface area contributed by atoms with Crippen LogP contribution in [0.3, 0.4) is 0 Å². The van der Waals surface area contributed by atoms with Crippen LogP contribution in [0.5, 0.6) is 0 Å². The average Bonchev–Trinajstić information content (AvgIpc) is 3.45. The molecule has 7 heteroatoms. The molecule has 2 N–H and O–H groups in total. The molecular weight excluding hydrogens is 474 g/mol. The Kier molecular flexibility index (Phi) is 8.16. The van der Waals surface area contributed by atoms with E-state index in [4.69, 9.17) is 0 Å². The number of aliphatic imine (C=N–C) groups is 1. The van der Waals surface area contributed by atoms with Crippen molar-refractivity contribution in [2.45, 2.75) is 32.1 Å². The van der Waals surface area contributed by atoms with Crippen LogP contribution in [0.1, 0.15) is 30.5 Å². The van der Waals surface area contributed by atoms with E-state index in [9.17, 15) is 9.59 Å². The molecule has 2 heterocycles. The predicted molar refractivity (Wildman–Crippen MR) is 155 cm³/mol. The lowest BCUT2D eigenvalue weighted by atomic mass is 9.79. The first-order valence-electron chi connectivity index (χ1n) is 12.7. The van der Waals surface area contributed by atoms with Gasteiger partial charge in [0, 0.05) is 48.6 Å². The quantitative estimate of drug-likeness (QED) is 0.196. The monoisotopic (exact) mass is 507 g/mol. The Hall–Kier alpha value is -4.52. The summed E-state index contributed by atoms with van der Waals surface area (Å²) < 4.78 is 0. The Balaban J connectivity index is 0.000000283. The second kappa shape index (κ2) is 11.7. The predicted octanol–water partition coefficient (Wildman–Crippen LogP) is 5.31. The summed E-state index contributed by atoms with van der Waals surface area (Å²) in [5.41, 5.74) is 5.66. The van der Waals surface area contributed by atoms with E-state index in [1.165, 1.54) is 5.69 Å². The summed E-state index contributed by atoms with van der Waals surface area (Å²) in [6, 6.07) is 20.3. The summed E-state index contributed by atoms with van der Waals surface area (Å²) in [6.07, 6.45) is 6.82. The minimum Gasteiger partial charge on any atom is -0.375 e. The smallest absolute Gasteiger partial charge is 0.237 e. The second-order valence-corrected chi connectivity index (χ2v) is 9.35. The molecule has 2 aliphatic rings. The van der Waals surface area contributed by atoms with E-state index >= 15 is 0 Å². The summed E-state index contributed by atoms with van der Waals surface area (Å²) in [5, 5.41) is 6.11. The first kappa shape index (κ1) is 26.5. The lowest BCUT2D eigenvalue weighted by Crippen LogP contribution is -2.35. The highest BCUT2D eigenvalue weighted by Crippen LogP contribution is 2.46. The van der Waals surface area contributed by atoms with Gasteiger partial charge in [-0.15, -0.1) is 0 Å². The van der Waals surface area contributed by atoms with Gasteiger partial charge in [0.2, 0.25) is 5.91 Å². The number of pyridine rings is 1. The number of aldehydes is 1. The third kappa shape index (κ3) is 5.57. The molecule has 0 bridgehead atoms. The molecule has 1 unspecified atom stereocenters. The highest BCUT2D eigenvalue weighted by Gasteiger charge is 2.51. The van der Waals surface area contributed by atoms with Gasteiger partial charge in [0.05, 0.1) is 5.41 Å². The fourth-order valence-corrected chi connectivity index (χ4v) is 4.86. The number of fused-ring (bicyclic) bond motifs is 3. The highest BCUT2D eigenvalue weighted by molar-refractivity contribution is 6.06. The molecule has 1 atom stereocenters. The summed E-state index contributed by atoms with van der Waals surface area (Å²) in [6.45, 7) is 8.89. The maximum atomic E-state index is 12.8. The second-order valence-electron chi connectivity index (χ2n) is 9.35. The summed E-state index contributed by atoms with van der Waals surface area (Å²) >= 11 is 0. The van der Waals surface area contributed by atoms with Gasteiger partial charge in [0.15, 0.2) is 6.29 Å². The number of aromatic nitrogens is 1. The Morgan fingerprint density at radius 1 is 1.16 bits per heavy atom. The number of para-hydroxylation sites is 1. The van der Waals surface area contributed by atoms with Crippen molar-refractivity contribution in [3.63, 3.8) is 0 Å². The molecule has 2 aromatic carbocycles. The van der Waals surface area contributed by atoms with Gasteiger partial charge in [-0.3, -0.25) is 14.6 Å². The lowest BCUT2D eigenvalue weighted by Gasteiger charge is -2.20. The molecule has 0 radical (unpaired) electrons. The highest BCUT2D eigenvalue weighted by atomic mass is 16.2. The first-order chi connectivity index (χ1) is 18.4. The zero-order valence-electron chi connectivity index (χ0n) is 22.1. The van der Waals surface area contributed by atoms with Crippen LogP contribution in [0.25, 0.3) is 0 Å². The van der Waals surface area contributed by atoms with E-state index in [2.05, 4.69) is 70.3 Å². The molecule has 3 aromatic rings. The summed E-state index contributed by atoms with van der Waals surface area (Å²) in [4.78, 5) is 34.3. The van der Waals surface area contributed by atoms with E-state index in [0.29, 0.717) is 36.3 Å². The molecule has 194 valence electrons. The van der Waals surface area contributed by atoms with Gasteiger partial charge in [0.25, 0.3) is 0 Å². The minimum atomic E-state index is -0.581. The van der Waals surface area contributed by atoms with Crippen LogP contribution in [0, 0.1) is 0 Å². The van der Waals surface area contributed by atoms with Crippen LogP contribution in [-0.4, -0.2) is 37.0 Å². The lowest BCUT2D eigenvalue weighted by molar-refractivity contribution is -0.120. The zero-order valence-corrected chi connectivity index (χ0v) is 22.1. The van der Waals surface area contributed by atoms with Gasteiger partial charge in [-0.2, -0.15) is 0 Å². The van der Waals surface area contributed by atoms with E-state index in [1.54, 1.807) is 25.4 Å². The van der Waals surface area contributed by atoms with Gasteiger partial charge >= 0.3 is 0 Å². The van der Waals surface area contributed by atoms with E-state index in [-0.39, 0.29) is 5.91 Å². The number of rotatable bonds is 7. The van der Waals surface area contributed by atoms with Gasteiger partial charge in [0.1, 0.15) is 11.5 Å². The summed E-state index contributed by atoms with van der Waals surface area (Å²) in [7, 11) is 2.09. The van der Waals surface area contributed by atoms with Crippen molar-refractivity contribution in [3.05, 3.63) is 108 Å². The molecule has 1 aromatic heterocycles. The van der Waals surface area contributed by atoms with Crippen molar-refractivity contribution in [2.24, 2.45) is 4.99 Å². The maximum Gasteiger partial charge on any atom is 0.237 e. The van der Waals surface area contributed by atoms with Crippen LogP contribution in [0.15, 0.2) is 95.9 Å². The van der Waals surface area contributed by atoms with E-state index < -0.39 is 5.41 Å². The molecule has 1 aliphatic heterocycles. The SMILES string of the molecule is C=C(/C=C(/C=O)N=CC)Nc1ccc2c(c1)CC1(C2)C(=O)Nc2ncccc21.CCN(C)c1ccccc1. The van der Waals surface area contributed by atoms with E-state index in [1.807, 2.05) is 36.4 Å². The largest absolute Gasteiger partial charge is 0.375 e. The maximum absolute atomic E-state index is 12.8. The Morgan fingerprint density at radius 3 is 2.63 bits per heavy atom. The van der Waals surface area contributed by atoms with Crippen molar-refractivity contribution < 1.29 is 9.59 Å². The molecule has 38 heavy (non-hydrogen) atoms. The minimum absolute atomic E-state index is 0.00676. The number of carbonyl (C=O) groups excluding carboxylic acids is 2. The number of nitrogens with zero attached hydrogens (tertiary/aromatic N) is 3. The van der Waals surface area contributed by atoms with Crippen LogP contribution in [0.2, 0.25) is 0 Å². The molecule has 1 aliphatic carbocycles. The van der Waals surface area contributed by atoms with Crippen LogP contribution in [0.4, 0.5) is 17.2 Å². The van der Waals surface area contributed by atoms with Crippen molar-refractivity contribution in [1.29, 1.82) is 0 Å². The molecule has 5 rings (SSSR count). The number of benzene rings is 2. The topological polar surface area (TPSA) is 86.7 Å². The molecule has 0 saturated heterocycles. The third-order valence-corrected chi connectivity index (χ3v) is 6.88. The normalized spacial score (nSPS) is 17.3. The molecule has 7 nitrogen and oxygen atoms in total. The zero-order chi connectivity index (χ0) is 27.1. The standard InChI is InChI=1S/C22H20N4O2.C9H13N/c1-3-23-18(13-27)9-14(2)25-17-7-6-15-11-22(12-16(15)10-17)19-5-4-8-24-20(19)26-21(22)28;1-3-10(2)9-7-5-4-6-8-9/h3-10,13,25H,2,11-12H2,1H3,(H,24,26,28);4-8H,3H2,1-2H3/b18-9-,23-3?;. The molecule has 0 fully saturated rings. The first-order valence-corrected chi connectivity index (χ1v) is 12.7. The van der Waals surface area contributed by atoms with Crippen molar-refractivity contribution in [3.8, 4) is 0 Å².